The van der Waals surface area contributed by atoms with Crippen LogP contribution in [0.4, 0.5) is 0 Å². The molecule has 0 unspecified atom stereocenters. The lowest BCUT2D eigenvalue weighted by atomic mass is 9.80. The van der Waals surface area contributed by atoms with Crippen molar-refractivity contribution in [1.29, 1.82) is 0 Å². The van der Waals surface area contributed by atoms with Crippen molar-refractivity contribution in [2.24, 2.45) is 11.0 Å². The van der Waals surface area contributed by atoms with Gasteiger partial charge in [0, 0.05) is 11.1 Å². The summed E-state index contributed by atoms with van der Waals surface area (Å²) in [5.41, 5.74) is 5.81. The molecule has 3 aliphatic heterocycles. The van der Waals surface area contributed by atoms with Gasteiger partial charge in [-0.2, -0.15) is 5.10 Å². The Morgan fingerprint density at radius 3 is 2.19 bits per heavy atom. The van der Waals surface area contributed by atoms with E-state index in [9.17, 15) is 9.59 Å². The fourth-order valence-electron chi connectivity index (χ4n) is 6.81. The Hall–Kier alpha value is -4.97. The van der Waals surface area contributed by atoms with Crippen LogP contribution in [-0.4, -0.2) is 33.1 Å². The fraction of sp³-hybridized carbons (Fsp3) is 0.194. The first-order valence-electron chi connectivity index (χ1n) is 14.5. The minimum atomic E-state index is -0.565. The van der Waals surface area contributed by atoms with Crippen LogP contribution >= 0.6 is 0 Å². The number of benzene rings is 4. The maximum absolute atomic E-state index is 15.0. The summed E-state index contributed by atoms with van der Waals surface area (Å²) in [7, 11) is 0. The number of fused-ring (bicyclic) bond motifs is 7. The van der Waals surface area contributed by atoms with E-state index in [1.807, 2.05) is 85.1 Å². The first kappa shape index (κ1) is 26.0. The Morgan fingerprint density at radius 2 is 1.45 bits per heavy atom. The van der Waals surface area contributed by atoms with Crippen molar-refractivity contribution in [1.82, 2.24) is 15.0 Å². The second-order valence-electron chi connectivity index (χ2n) is 11.1. The number of aryl methyl sites for hydroxylation is 1. The first-order chi connectivity index (χ1) is 20.7. The molecule has 6 nitrogen and oxygen atoms in total. The second kappa shape index (κ2) is 10.8. The van der Waals surface area contributed by atoms with Crippen LogP contribution in [0.25, 0.3) is 0 Å². The van der Waals surface area contributed by atoms with Crippen LogP contribution < -0.4 is 0 Å². The highest BCUT2D eigenvalue weighted by molar-refractivity contribution is 5.97. The van der Waals surface area contributed by atoms with Gasteiger partial charge in [-0.1, -0.05) is 103 Å². The van der Waals surface area contributed by atoms with Crippen molar-refractivity contribution >= 4 is 18.0 Å². The van der Waals surface area contributed by atoms with Crippen molar-refractivity contribution < 1.29 is 9.59 Å². The summed E-state index contributed by atoms with van der Waals surface area (Å²) in [6.07, 6.45) is 5.02. The number of amides is 2. The fourth-order valence-corrected chi connectivity index (χ4v) is 6.81. The van der Waals surface area contributed by atoms with Crippen LogP contribution in [-0.2, 0) is 11.2 Å². The third-order valence-corrected chi connectivity index (χ3v) is 8.70. The molecule has 0 saturated carbocycles. The number of rotatable bonds is 6. The second-order valence-corrected chi connectivity index (χ2v) is 11.1. The lowest BCUT2D eigenvalue weighted by Gasteiger charge is -2.58. The summed E-state index contributed by atoms with van der Waals surface area (Å²) in [6, 6.07) is 35.2. The van der Waals surface area contributed by atoms with Crippen LogP contribution in [0.15, 0.2) is 127 Å². The summed E-state index contributed by atoms with van der Waals surface area (Å²) < 4.78 is 0. The normalized spacial score (nSPS) is 22.1. The Morgan fingerprint density at radius 1 is 0.810 bits per heavy atom. The summed E-state index contributed by atoms with van der Waals surface area (Å²) in [4.78, 5) is 29.4. The van der Waals surface area contributed by atoms with E-state index >= 15 is 0 Å². The van der Waals surface area contributed by atoms with Gasteiger partial charge in [0.15, 0.2) is 6.17 Å². The molecule has 3 aliphatic rings. The first-order valence-corrected chi connectivity index (χ1v) is 14.5. The van der Waals surface area contributed by atoms with Crippen LogP contribution in [0.1, 0.15) is 69.3 Å². The predicted molar refractivity (Wildman–Crippen MR) is 163 cm³/mol. The molecule has 0 spiro atoms. The Labute approximate surface area is 246 Å². The van der Waals surface area contributed by atoms with E-state index in [1.165, 1.54) is 5.56 Å². The molecule has 6 heteroatoms. The quantitative estimate of drug-likeness (QED) is 0.246. The van der Waals surface area contributed by atoms with E-state index in [-0.39, 0.29) is 23.9 Å². The highest BCUT2D eigenvalue weighted by atomic mass is 16.2. The van der Waals surface area contributed by atoms with Gasteiger partial charge in [0.25, 0.3) is 5.91 Å². The van der Waals surface area contributed by atoms with E-state index in [2.05, 4.69) is 48.0 Å². The predicted octanol–water partition coefficient (Wildman–Crippen LogP) is 6.86. The summed E-state index contributed by atoms with van der Waals surface area (Å²) >= 11 is 0. The number of hydrogen-bond donors (Lipinski definition) is 0. The van der Waals surface area contributed by atoms with Crippen LogP contribution in [0, 0.1) is 5.92 Å². The third-order valence-electron chi connectivity index (χ3n) is 8.70. The van der Waals surface area contributed by atoms with Gasteiger partial charge >= 0.3 is 0 Å². The molecule has 2 amide bonds. The van der Waals surface area contributed by atoms with E-state index in [1.54, 1.807) is 10.0 Å². The maximum atomic E-state index is 15.0. The molecule has 0 aliphatic carbocycles. The number of hydrogen-bond acceptors (Lipinski definition) is 4. The zero-order valence-corrected chi connectivity index (χ0v) is 23.3. The molecule has 42 heavy (non-hydrogen) atoms. The largest absolute Gasteiger partial charge is 0.273 e. The molecule has 4 atom stereocenters. The van der Waals surface area contributed by atoms with E-state index in [0.717, 1.165) is 28.7 Å². The van der Waals surface area contributed by atoms with Gasteiger partial charge < -0.3 is 0 Å². The van der Waals surface area contributed by atoms with Gasteiger partial charge in [-0.15, -0.1) is 6.58 Å². The smallest absolute Gasteiger partial charge is 0.273 e. The monoisotopic (exact) mass is 552 g/mol. The lowest BCUT2D eigenvalue weighted by Crippen LogP contribution is -2.65. The van der Waals surface area contributed by atoms with Crippen LogP contribution in [0.3, 0.4) is 0 Å². The Kier molecular flexibility index (Phi) is 6.67. The standard InChI is InChI=1S/C36H32N4O2/c1-2-13-32-29-20-11-12-21-30(29)34-38-33(28-19-10-9-18-27(28)24-37-38)31(23-22-25-14-5-3-6-15-25)36(42)40(34)39(32)35(41)26-16-7-4-8-17-26/h2-12,14-21,24,31-34H,1,13,22-23H2/t31-,32-,33-,34-/m0/s1. The molecule has 3 heterocycles. The van der Waals surface area contributed by atoms with Crippen LogP contribution in [0.5, 0.6) is 0 Å². The molecule has 4 aromatic carbocycles. The molecule has 1 fully saturated rings. The van der Waals surface area contributed by atoms with Gasteiger partial charge in [0.05, 0.1) is 24.2 Å². The maximum Gasteiger partial charge on any atom is 0.273 e. The molecule has 7 rings (SSSR count). The van der Waals surface area contributed by atoms with Gasteiger partial charge in [-0.05, 0) is 53.6 Å². The SMILES string of the molecule is C=CC[C@H]1c2ccccc2[C@H]2N3N=Cc4ccccc4[C@H]3[C@H](CCc3ccccc3)C(=O)N2N1C(=O)c1ccccc1. The van der Waals surface area contributed by atoms with Crippen LogP contribution in [0.2, 0.25) is 0 Å². The van der Waals surface area contributed by atoms with Crippen molar-refractivity contribution in [2.75, 3.05) is 0 Å². The van der Waals surface area contributed by atoms with Crippen molar-refractivity contribution in [3.8, 4) is 0 Å². The van der Waals surface area contributed by atoms with Crippen molar-refractivity contribution in [3.05, 3.63) is 155 Å². The molecule has 1 saturated heterocycles. The molecule has 208 valence electrons. The van der Waals surface area contributed by atoms with Gasteiger partial charge in [0.1, 0.15) is 0 Å². The number of nitrogens with zero attached hydrogens (tertiary/aromatic N) is 4. The van der Waals surface area contributed by atoms with E-state index in [4.69, 9.17) is 5.10 Å². The molecule has 0 N–H and O–H groups in total. The highest BCUT2D eigenvalue weighted by Crippen LogP contribution is 2.53. The highest BCUT2D eigenvalue weighted by Gasteiger charge is 2.56. The van der Waals surface area contributed by atoms with Crippen molar-refractivity contribution in [3.63, 3.8) is 0 Å². The number of hydrazine groups is 1. The summed E-state index contributed by atoms with van der Waals surface area (Å²) in [5.74, 6) is -0.686. The topological polar surface area (TPSA) is 56.2 Å². The van der Waals surface area contributed by atoms with E-state index in [0.29, 0.717) is 18.4 Å². The van der Waals surface area contributed by atoms with Gasteiger partial charge in [-0.25, -0.2) is 10.0 Å². The minimum absolute atomic E-state index is 0.0584. The molecule has 0 radical (unpaired) electrons. The summed E-state index contributed by atoms with van der Waals surface area (Å²) in [6.45, 7) is 4.01. The third kappa shape index (κ3) is 4.22. The zero-order valence-electron chi connectivity index (χ0n) is 23.3. The zero-order chi connectivity index (χ0) is 28.6. The number of carbonyl (C=O) groups is 2. The average Bonchev–Trinajstić information content (AvgIpc) is 3.05. The molecular weight excluding hydrogens is 520 g/mol. The molecule has 0 bridgehead atoms. The Balaban J connectivity index is 1.41. The molecule has 4 aromatic rings. The average molecular weight is 553 g/mol. The van der Waals surface area contributed by atoms with Gasteiger partial charge in [-0.3, -0.25) is 14.6 Å². The minimum Gasteiger partial charge on any atom is -0.273 e. The van der Waals surface area contributed by atoms with Gasteiger partial charge in [0.2, 0.25) is 5.91 Å². The summed E-state index contributed by atoms with van der Waals surface area (Å²) in [5, 5.41) is 10.5. The number of carbonyl (C=O) groups excluding carboxylic acids is 2. The number of hydrazone groups is 1. The van der Waals surface area contributed by atoms with Crippen molar-refractivity contribution in [2.45, 2.75) is 37.5 Å². The molecule has 0 aromatic heterocycles. The molecular formula is C36H32N4O2. The lowest BCUT2D eigenvalue weighted by molar-refractivity contribution is -0.200. The van der Waals surface area contributed by atoms with E-state index < -0.39 is 12.1 Å². The Bertz CT molecular complexity index is 1670.